The number of amides is 1. The molecule has 0 aliphatic carbocycles. The normalized spacial score (nSPS) is 11.1. The number of nitrogens with two attached hydrogens (primary N) is 1. The topological polar surface area (TPSA) is 97.6 Å². The van der Waals surface area contributed by atoms with Crippen LogP contribution >= 0.6 is 0 Å². The van der Waals surface area contributed by atoms with Crippen molar-refractivity contribution in [3.05, 3.63) is 24.4 Å². The minimum Gasteiger partial charge on any atom is -0.366 e. The summed E-state index contributed by atoms with van der Waals surface area (Å²) in [5, 5.41) is 0. The lowest BCUT2D eigenvalue weighted by Gasteiger charge is -1.92. The predicted octanol–water partition coefficient (Wildman–Crippen LogP) is -0.149. The van der Waals surface area contributed by atoms with Crippen LogP contribution in [0.1, 0.15) is 5.69 Å². The lowest BCUT2D eigenvalue weighted by atomic mass is 10.3. The predicted molar refractivity (Wildman–Crippen MR) is 49.9 cm³/mol. The molecule has 0 spiro atoms. The lowest BCUT2D eigenvalue weighted by molar-refractivity contribution is -0.113. The van der Waals surface area contributed by atoms with Gasteiger partial charge in [0.15, 0.2) is 5.65 Å². The van der Waals surface area contributed by atoms with Gasteiger partial charge in [0, 0.05) is 6.08 Å². The maximum Gasteiger partial charge on any atom is 0.241 e. The molecule has 2 heterocycles. The van der Waals surface area contributed by atoms with Gasteiger partial charge in [-0.15, -0.1) is 0 Å². The first-order valence-electron chi connectivity index (χ1n) is 3.89. The van der Waals surface area contributed by atoms with Crippen molar-refractivity contribution in [3.8, 4) is 0 Å². The molecule has 0 aliphatic heterocycles. The summed E-state index contributed by atoms with van der Waals surface area (Å²) in [7, 11) is 0. The lowest BCUT2D eigenvalue weighted by Crippen LogP contribution is -2.05. The molecule has 0 fully saturated rings. The molecular weight excluding hydrogens is 182 g/mol. The van der Waals surface area contributed by atoms with Crippen molar-refractivity contribution in [2.45, 2.75) is 0 Å². The number of aromatic amines is 1. The number of hydrogen-bond donors (Lipinski definition) is 2. The number of nitrogens with zero attached hydrogens (tertiary/aromatic N) is 3. The van der Waals surface area contributed by atoms with Gasteiger partial charge in [-0.3, -0.25) is 4.79 Å². The van der Waals surface area contributed by atoms with Crippen LogP contribution in [0.2, 0.25) is 0 Å². The van der Waals surface area contributed by atoms with Crippen molar-refractivity contribution in [3.63, 3.8) is 0 Å². The Balaban J connectivity index is 2.51. The Kier molecular flexibility index (Phi) is 1.94. The van der Waals surface area contributed by atoms with Crippen LogP contribution in [-0.4, -0.2) is 25.8 Å². The fraction of sp³-hybridized carbons (Fsp3) is 0. The Morgan fingerprint density at radius 3 is 3.07 bits per heavy atom. The number of imidazole rings is 1. The molecule has 2 rings (SSSR count). The highest BCUT2D eigenvalue weighted by Crippen LogP contribution is 2.10. The maximum absolute atomic E-state index is 10.5. The van der Waals surface area contributed by atoms with Gasteiger partial charge in [-0.05, 0) is 6.08 Å². The number of primary amides is 1. The zero-order valence-electron chi connectivity index (χ0n) is 7.14. The average molecular weight is 189 g/mol. The van der Waals surface area contributed by atoms with Crippen LogP contribution in [0.3, 0.4) is 0 Å². The van der Waals surface area contributed by atoms with Crippen molar-refractivity contribution in [1.29, 1.82) is 0 Å². The van der Waals surface area contributed by atoms with Gasteiger partial charge in [0.2, 0.25) is 5.91 Å². The van der Waals surface area contributed by atoms with Crippen LogP contribution in [0.15, 0.2) is 18.7 Å². The van der Waals surface area contributed by atoms with E-state index >= 15 is 0 Å². The first-order valence-corrected chi connectivity index (χ1v) is 3.89. The Hall–Kier alpha value is -2.24. The third-order valence-corrected chi connectivity index (χ3v) is 1.66. The maximum atomic E-state index is 10.5. The van der Waals surface area contributed by atoms with Crippen molar-refractivity contribution in [1.82, 2.24) is 19.9 Å². The van der Waals surface area contributed by atoms with E-state index in [1.165, 1.54) is 24.8 Å². The standard InChI is InChI=1S/C8H7N5O/c9-6(14)2-1-5-7-8(12-3-10-5)13-4-11-7/h1-4H,(H2,9,14)(H,10,11,12,13). The smallest absolute Gasteiger partial charge is 0.241 e. The van der Waals surface area contributed by atoms with Crippen LogP contribution in [0.4, 0.5) is 0 Å². The molecule has 14 heavy (non-hydrogen) atoms. The zero-order valence-corrected chi connectivity index (χ0v) is 7.14. The van der Waals surface area contributed by atoms with E-state index in [1.54, 1.807) is 0 Å². The van der Waals surface area contributed by atoms with Gasteiger partial charge < -0.3 is 10.7 Å². The Morgan fingerprint density at radius 1 is 1.43 bits per heavy atom. The molecule has 0 aliphatic rings. The van der Waals surface area contributed by atoms with Gasteiger partial charge in [0.1, 0.15) is 11.8 Å². The summed E-state index contributed by atoms with van der Waals surface area (Å²) >= 11 is 0. The summed E-state index contributed by atoms with van der Waals surface area (Å²) in [6, 6.07) is 0. The van der Waals surface area contributed by atoms with Crippen molar-refractivity contribution in [2.24, 2.45) is 5.73 Å². The van der Waals surface area contributed by atoms with Crippen LogP contribution in [0.5, 0.6) is 0 Å². The molecular formula is C8H7N5O. The van der Waals surface area contributed by atoms with Crippen molar-refractivity contribution in [2.75, 3.05) is 0 Å². The quantitative estimate of drug-likeness (QED) is 0.642. The molecule has 0 saturated carbocycles. The molecule has 0 radical (unpaired) electrons. The minimum absolute atomic E-state index is 0.517. The van der Waals surface area contributed by atoms with Crippen molar-refractivity contribution < 1.29 is 4.79 Å². The van der Waals surface area contributed by atoms with Crippen molar-refractivity contribution >= 4 is 23.1 Å². The highest BCUT2D eigenvalue weighted by Gasteiger charge is 2.01. The largest absolute Gasteiger partial charge is 0.366 e. The monoisotopic (exact) mass is 189 g/mol. The number of carbonyl (C=O) groups is 1. The molecule has 6 heteroatoms. The van der Waals surface area contributed by atoms with Gasteiger partial charge >= 0.3 is 0 Å². The number of nitrogens with one attached hydrogen (secondary N) is 1. The number of H-pyrrole nitrogens is 1. The Morgan fingerprint density at radius 2 is 2.29 bits per heavy atom. The van der Waals surface area contributed by atoms with E-state index in [-0.39, 0.29) is 0 Å². The van der Waals surface area contributed by atoms with E-state index in [0.717, 1.165) is 0 Å². The molecule has 0 bridgehead atoms. The highest BCUT2D eigenvalue weighted by molar-refractivity contribution is 5.92. The summed E-state index contributed by atoms with van der Waals surface area (Å²) < 4.78 is 0. The average Bonchev–Trinajstić information content (AvgIpc) is 2.62. The Labute approximate surface area is 78.9 Å². The molecule has 2 aromatic heterocycles. The fourth-order valence-electron chi connectivity index (χ4n) is 1.07. The molecule has 6 nitrogen and oxygen atoms in total. The summed E-state index contributed by atoms with van der Waals surface area (Å²) in [4.78, 5) is 25.2. The van der Waals surface area contributed by atoms with Gasteiger partial charge in [-0.2, -0.15) is 0 Å². The number of fused-ring (bicyclic) bond motifs is 1. The van der Waals surface area contributed by atoms with E-state index < -0.39 is 5.91 Å². The molecule has 0 aromatic carbocycles. The van der Waals surface area contributed by atoms with Crippen LogP contribution in [0, 0.1) is 0 Å². The van der Waals surface area contributed by atoms with Gasteiger partial charge in [-0.25, -0.2) is 15.0 Å². The molecule has 1 amide bonds. The number of carbonyl (C=O) groups excluding carboxylic acids is 1. The summed E-state index contributed by atoms with van der Waals surface area (Å²) in [5.74, 6) is -0.517. The second-order valence-electron chi connectivity index (χ2n) is 2.60. The van der Waals surface area contributed by atoms with E-state index in [2.05, 4.69) is 19.9 Å². The first-order chi connectivity index (χ1) is 6.77. The molecule has 70 valence electrons. The third-order valence-electron chi connectivity index (χ3n) is 1.66. The summed E-state index contributed by atoms with van der Waals surface area (Å²) in [5.41, 5.74) is 6.80. The highest BCUT2D eigenvalue weighted by atomic mass is 16.1. The zero-order chi connectivity index (χ0) is 9.97. The minimum atomic E-state index is -0.517. The van der Waals surface area contributed by atoms with Crippen LogP contribution in [0.25, 0.3) is 17.2 Å². The molecule has 0 atom stereocenters. The molecule has 0 unspecified atom stereocenters. The summed E-state index contributed by atoms with van der Waals surface area (Å²) in [6.07, 6.45) is 5.65. The molecule has 2 aromatic rings. The fourth-order valence-corrected chi connectivity index (χ4v) is 1.07. The van der Waals surface area contributed by atoms with Gasteiger partial charge in [0.25, 0.3) is 0 Å². The first kappa shape index (κ1) is 8.36. The number of rotatable bonds is 2. The second-order valence-corrected chi connectivity index (χ2v) is 2.60. The van der Waals surface area contributed by atoms with E-state index in [0.29, 0.717) is 16.9 Å². The number of hydrogen-bond acceptors (Lipinski definition) is 4. The van der Waals surface area contributed by atoms with Gasteiger partial charge in [-0.1, -0.05) is 0 Å². The van der Waals surface area contributed by atoms with Crippen LogP contribution in [-0.2, 0) is 4.79 Å². The SMILES string of the molecule is NC(=O)C=Cc1ncnc2nc[nH]c12. The van der Waals surface area contributed by atoms with Crippen LogP contribution < -0.4 is 5.73 Å². The Bertz CT molecular complexity index is 501. The number of aromatic nitrogens is 4. The second kappa shape index (κ2) is 3.25. The van der Waals surface area contributed by atoms with E-state index in [9.17, 15) is 4.79 Å². The van der Waals surface area contributed by atoms with Gasteiger partial charge in [0.05, 0.1) is 12.0 Å². The summed E-state index contributed by atoms with van der Waals surface area (Å²) in [6.45, 7) is 0. The van der Waals surface area contributed by atoms with E-state index in [4.69, 9.17) is 5.73 Å². The third kappa shape index (κ3) is 1.45. The van der Waals surface area contributed by atoms with E-state index in [1.807, 2.05) is 0 Å². The molecule has 3 N–H and O–H groups in total. The molecule has 0 saturated heterocycles.